The highest BCUT2D eigenvalue weighted by molar-refractivity contribution is 6.31. The molecule has 0 radical (unpaired) electrons. The van der Waals surface area contributed by atoms with Gasteiger partial charge in [0.25, 0.3) is 0 Å². The first-order valence-electron chi connectivity index (χ1n) is 10.3. The standard InChI is InChI=1S/C24H31ClN2O2/c1-4-16-26-24(29)18(3)27(17-21-8-6-7-9-22(21)25)23(28)15-14-20-12-10-19(5-2)11-13-20/h6-13,18H,4-5,14-17H2,1-3H3,(H,26,29). The first-order valence-corrected chi connectivity index (χ1v) is 10.7. The zero-order chi connectivity index (χ0) is 21.2. The second kappa shape index (κ2) is 11.6. The quantitative estimate of drug-likeness (QED) is 0.608. The number of benzene rings is 2. The highest BCUT2D eigenvalue weighted by Gasteiger charge is 2.26. The molecule has 2 aromatic carbocycles. The predicted molar refractivity (Wildman–Crippen MR) is 119 cm³/mol. The molecule has 0 aliphatic carbocycles. The number of nitrogens with zero attached hydrogens (tertiary/aromatic N) is 1. The van der Waals surface area contributed by atoms with Gasteiger partial charge in [0.15, 0.2) is 0 Å². The van der Waals surface area contributed by atoms with Crippen LogP contribution in [-0.2, 0) is 29.0 Å². The van der Waals surface area contributed by atoms with Crippen LogP contribution in [0.4, 0.5) is 0 Å². The van der Waals surface area contributed by atoms with Crippen molar-refractivity contribution in [2.45, 2.75) is 59.0 Å². The molecule has 2 aromatic rings. The minimum Gasteiger partial charge on any atom is -0.354 e. The van der Waals surface area contributed by atoms with Crippen molar-refractivity contribution in [2.24, 2.45) is 0 Å². The van der Waals surface area contributed by atoms with E-state index in [1.165, 1.54) is 5.56 Å². The normalized spacial score (nSPS) is 11.7. The molecular weight excluding hydrogens is 384 g/mol. The SMILES string of the molecule is CCCNC(=O)C(C)N(Cc1ccccc1Cl)C(=O)CCc1ccc(CC)cc1. The number of carbonyl (C=O) groups excluding carboxylic acids is 2. The molecular formula is C24H31ClN2O2. The molecule has 0 bridgehead atoms. The van der Waals surface area contributed by atoms with Crippen LogP contribution in [0.2, 0.25) is 5.02 Å². The summed E-state index contributed by atoms with van der Waals surface area (Å²) in [5.41, 5.74) is 3.24. The van der Waals surface area contributed by atoms with E-state index in [-0.39, 0.29) is 11.8 Å². The van der Waals surface area contributed by atoms with Crippen LogP contribution in [-0.4, -0.2) is 29.3 Å². The van der Waals surface area contributed by atoms with E-state index in [0.717, 1.165) is 24.0 Å². The third kappa shape index (κ3) is 6.90. The summed E-state index contributed by atoms with van der Waals surface area (Å²) in [6.07, 6.45) is 2.84. The number of hydrogen-bond donors (Lipinski definition) is 1. The maximum Gasteiger partial charge on any atom is 0.242 e. The average Bonchev–Trinajstić information content (AvgIpc) is 2.75. The average molecular weight is 415 g/mol. The van der Waals surface area contributed by atoms with Crippen molar-refractivity contribution >= 4 is 23.4 Å². The predicted octanol–water partition coefficient (Wildman–Crippen LogP) is 4.78. The highest BCUT2D eigenvalue weighted by Crippen LogP contribution is 2.20. The number of aryl methyl sites for hydroxylation is 2. The molecule has 0 aliphatic rings. The van der Waals surface area contributed by atoms with E-state index in [1.54, 1.807) is 17.9 Å². The van der Waals surface area contributed by atoms with E-state index < -0.39 is 6.04 Å². The Kier molecular flexibility index (Phi) is 9.20. The van der Waals surface area contributed by atoms with Gasteiger partial charge in [-0.15, -0.1) is 0 Å². The molecule has 4 nitrogen and oxygen atoms in total. The Morgan fingerprint density at radius 3 is 2.31 bits per heavy atom. The van der Waals surface area contributed by atoms with Gasteiger partial charge < -0.3 is 10.2 Å². The molecule has 1 N–H and O–H groups in total. The smallest absolute Gasteiger partial charge is 0.242 e. The summed E-state index contributed by atoms with van der Waals surface area (Å²) in [4.78, 5) is 27.2. The lowest BCUT2D eigenvalue weighted by Gasteiger charge is -2.29. The van der Waals surface area contributed by atoms with Gasteiger partial charge in [0, 0.05) is 24.5 Å². The number of carbonyl (C=O) groups is 2. The van der Waals surface area contributed by atoms with E-state index in [2.05, 4.69) is 36.5 Å². The first-order chi connectivity index (χ1) is 14.0. The molecule has 1 unspecified atom stereocenters. The van der Waals surface area contributed by atoms with E-state index in [4.69, 9.17) is 11.6 Å². The first kappa shape index (κ1) is 23.0. The van der Waals surface area contributed by atoms with Crippen molar-refractivity contribution in [3.8, 4) is 0 Å². The van der Waals surface area contributed by atoms with Crippen LogP contribution in [0.1, 0.15) is 50.3 Å². The fourth-order valence-corrected chi connectivity index (χ4v) is 3.32. The van der Waals surface area contributed by atoms with E-state index in [9.17, 15) is 9.59 Å². The summed E-state index contributed by atoms with van der Waals surface area (Å²) < 4.78 is 0. The Balaban J connectivity index is 2.12. The summed E-state index contributed by atoms with van der Waals surface area (Å²) in [6.45, 7) is 6.81. The fourth-order valence-electron chi connectivity index (χ4n) is 3.13. The Labute approximate surface area is 179 Å². The maximum atomic E-state index is 13.1. The molecule has 0 aliphatic heterocycles. The Hall–Kier alpha value is -2.33. The minimum atomic E-state index is -0.562. The summed E-state index contributed by atoms with van der Waals surface area (Å²) in [5.74, 6) is -0.191. The Morgan fingerprint density at radius 1 is 1.03 bits per heavy atom. The van der Waals surface area contributed by atoms with Crippen LogP contribution in [0.5, 0.6) is 0 Å². The molecule has 0 aromatic heterocycles. The number of nitrogens with one attached hydrogen (secondary N) is 1. The second-order valence-corrected chi connectivity index (χ2v) is 7.66. The Morgan fingerprint density at radius 2 is 1.69 bits per heavy atom. The molecule has 2 rings (SSSR count). The van der Waals surface area contributed by atoms with Crippen LogP contribution in [0.25, 0.3) is 0 Å². The largest absolute Gasteiger partial charge is 0.354 e. The van der Waals surface area contributed by atoms with Gasteiger partial charge in [-0.25, -0.2) is 0 Å². The molecule has 156 valence electrons. The number of hydrogen-bond acceptors (Lipinski definition) is 2. The van der Waals surface area contributed by atoms with Gasteiger partial charge in [-0.05, 0) is 48.9 Å². The van der Waals surface area contributed by atoms with Crippen molar-refractivity contribution < 1.29 is 9.59 Å². The van der Waals surface area contributed by atoms with Gasteiger partial charge in [-0.1, -0.05) is 67.9 Å². The van der Waals surface area contributed by atoms with Gasteiger partial charge in [0.1, 0.15) is 6.04 Å². The van der Waals surface area contributed by atoms with Crippen molar-refractivity contribution in [1.82, 2.24) is 10.2 Å². The van der Waals surface area contributed by atoms with Gasteiger partial charge in [-0.2, -0.15) is 0 Å². The summed E-state index contributed by atoms with van der Waals surface area (Å²) in [6, 6.07) is 15.2. The number of amides is 2. The molecule has 29 heavy (non-hydrogen) atoms. The minimum absolute atomic E-state index is 0.0522. The molecule has 0 saturated heterocycles. The van der Waals surface area contributed by atoms with Crippen molar-refractivity contribution in [1.29, 1.82) is 0 Å². The molecule has 5 heteroatoms. The number of halogens is 1. The number of rotatable bonds is 10. The second-order valence-electron chi connectivity index (χ2n) is 7.25. The third-order valence-corrected chi connectivity index (χ3v) is 5.44. The lowest BCUT2D eigenvalue weighted by Crippen LogP contribution is -2.47. The summed E-state index contributed by atoms with van der Waals surface area (Å²) >= 11 is 6.30. The van der Waals surface area contributed by atoms with E-state index in [0.29, 0.717) is 31.0 Å². The van der Waals surface area contributed by atoms with Crippen LogP contribution in [0.15, 0.2) is 48.5 Å². The van der Waals surface area contributed by atoms with Crippen LogP contribution < -0.4 is 5.32 Å². The van der Waals surface area contributed by atoms with Gasteiger partial charge in [0.05, 0.1) is 0 Å². The molecule has 0 fully saturated rings. The third-order valence-electron chi connectivity index (χ3n) is 5.07. The van der Waals surface area contributed by atoms with Gasteiger partial charge in [-0.3, -0.25) is 9.59 Å². The maximum absolute atomic E-state index is 13.1. The van der Waals surface area contributed by atoms with Crippen LogP contribution in [0, 0.1) is 0 Å². The Bertz CT molecular complexity index is 805. The van der Waals surface area contributed by atoms with E-state index >= 15 is 0 Å². The lowest BCUT2D eigenvalue weighted by atomic mass is 10.0. The zero-order valence-electron chi connectivity index (χ0n) is 17.6. The highest BCUT2D eigenvalue weighted by atomic mass is 35.5. The monoisotopic (exact) mass is 414 g/mol. The molecule has 0 heterocycles. The molecule has 2 amide bonds. The van der Waals surface area contributed by atoms with Crippen molar-refractivity contribution in [2.75, 3.05) is 6.54 Å². The molecule has 1 atom stereocenters. The zero-order valence-corrected chi connectivity index (χ0v) is 18.3. The van der Waals surface area contributed by atoms with E-state index in [1.807, 2.05) is 25.1 Å². The van der Waals surface area contributed by atoms with Crippen LogP contribution in [0.3, 0.4) is 0 Å². The van der Waals surface area contributed by atoms with Crippen molar-refractivity contribution in [3.05, 3.63) is 70.2 Å². The molecule has 0 spiro atoms. The summed E-state index contributed by atoms with van der Waals surface area (Å²) in [7, 11) is 0. The van der Waals surface area contributed by atoms with Gasteiger partial charge >= 0.3 is 0 Å². The van der Waals surface area contributed by atoms with Crippen molar-refractivity contribution in [3.63, 3.8) is 0 Å². The topological polar surface area (TPSA) is 49.4 Å². The fraction of sp³-hybridized carbons (Fsp3) is 0.417. The summed E-state index contributed by atoms with van der Waals surface area (Å²) in [5, 5.41) is 3.49. The molecule has 0 saturated carbocycles. The van der Waals surface area contributed by atoms with Crippen LogP contribution >= 0.6 is 11.6 Å². The lowest BCUT2D eigenvalue weighted by molar-refractivity contribution is -0.140. The van der Waals surface area contributed by atoms with Gasteiger partial charge in [0.2, 0.25) is 11.8 Å².